The number of hydrogen-bond donors (Lipinski definition) is 0. The zero-order chi connectivity index (χ0) is 16.3. The van der Waals surface area contributed by atoms with E-state index in [9.17, 15) is 13.2 Å². The monoisotopic (exact) mass is 365 g/mol. The lowest BCUT2D eigenvalue weighted by molar-refractivity contribution is -0.149. The van der Waals surface area contributed by atoms with Gasteiger partial charge in [-0.1, -0.05) is 29.3 Å². The van der Waals surface area contributed by atoms with Gasteiger partial charge in [0.1, 0.15) is 4.90 Å². The van der Waals surface area contributed by atoms with Gasteiger partial charge in [-0.3, -0.25) is 4.79 Å². The van der Waals surface area contributed by atoms with Crippen LogP contribution in [0.4, 0.5) is 0 Å². The van der Waals surface area contributed by atoms with E-state index in [4.69, 9.17) is 27.9 Å². The largest absolute Gasteiger partial charge is 0.466 e. The number of rotatable bonds is 4. The molecule has 1 fully saturated rings. The summed E-state index contributed by atoms with van der Waals surface area (Å²) in [6.45, 7) is 2.42. The molecule has 122 valence electrons. The third-order valence-corrected chi connectivity index (χ3v) is 6.34. The Labute approximate surface area is 140 Å². The molecule has 8 heteroatoms. The lowest BCUT2D eigenvalue weighted by Gasteiger charge is -2.31. The number of hydrogen-bond acceptors (Lipinski definition) is 4. The highest BCUT2D eigenvalue weighted by molar-refractivity contribution is 7.89. The predicted molar refractivity (Wildman–Crippen MR) is 84.6 cm³/mol. The smallest absolute Gasteiger partial charge is 0.310 e. The van der Waals surface area contributed by atoms with Crippen LogP contribution >= 0.6 is 23.2 Å². The third-order valence-electron chi connectivity index (χ3n) is 3.52. The normalized spacial score (nSPS) is 19.9. The first-order valence-corrected chi connectivity index (χ1v) is 9.18. The summed E-state index contributed by atoms with van der Waals surface area (Å²) >= 11 is 12.0. The number of esters is 1. The van der Waals surface area contributed by atoms with Crippen LogP contribution in [0.25, 0.3) is 0 Å². The van der Waals surface area contributed by atoms with Crippen LogP contribution in [0.2, 0.25) is 10.0 Å². The Balaban J connectivity index is 2.28. The molecule has 1 heterocycles. The van der Waals surface area contributed by atoms with Gasteiger partial charge in [0.15, 0.2) is 0 Å². The lowest BCUT2D eigenvalue weighted by atomic mass is 10.0. The molecular formula is C14H17Cl2NO4S. The Bertz CT molecular complexity index is 643. The standard InChI is InChI=1S/C14H17Cl2NO4S/c1-2-21-14(18)10-5-4-8-17(9-10)22(19,20)13-11(15)6-3-7-12(13)16/h3,6-7,10H,2,4-5,8-9H2,1H3/t10-/m1/s1. The van der Waals surface area contributed by atoms with Crippen molar-refractivity contribution in [3.63, 3.8) is 0 Å². The first kappa shape index (κ1) is 17.5. The van der Waals surface area contributed by atoms with Crippen molar-refractivity contribution in [1.82, 2.24) is 4.31 Å². The van der Waals surface area contributed by atoms with Crippen LogP contribution in [0.1, 0.15) is 19.8 Å². The van der Waals surface area contributed by atoms with Gasteiger partial charge in [0, 0.05) is 13.1 Å². The quantitative estimate of drug-likeness (QED) is 0.769. The minimum absolute atomic E-state index is 0.0748. The molecule has 1 aliphatic rings. The van der Waals surface area contributed by atoms with E-state index in [0.29, 0.717) is 19.4 Å². The highest BCUT2D eigenvalue weighted by atomic mass is 35.5. The summed E-state index contributed by atoms with van der Waals surface area (Å²) in [5.74, 6) is -0.822. The van der Waals surface area contributed by atoms with Gasteiger partial charge in [-0.25, -0.2) is 8.42 Å². The lowest BCUT2D eigenvalue weighted by Crippen LogP contribution is -2.42. The number of halogens is 2. The number of benzene rings is 1. The topological polar surface area (TPSA) is 63.7 Å². The molecule has 0 spiro atoms. The maximum absolute atomic E-state index is 12.8. The molecule has 1 aliphatic heterocycles. The van der Waals surface area contributed by atoms with E-state index in [1.165, 1.54) is 16.4 Å². The molecule has 1 atom stereocenters. The first-order chi connectivity index (χ1) is 10.4. The molecule has 1 aromatic carbocycles. The summed E-state index contributed by atoms with van der Waals surface area (Å²) in [6.07, 6.45) is 1.20. The van der Waals surface area contributed by atoms with Crippen molar-refractivity contribution in [3.8, 4) is 0 Å². The molecular weight excluding hydrogens is 349 g/mol. The number of sulfonamides is 1. The summed E-state index contributed by atoms with van der Waals surface area (Å²) in [6, 6.07) is 4.54. The van der Waals surface area contributed by atoms with Gasteiger partial charge in [0.05, 0.1) is 22.6 Å². The molecule has 1 aromatic rings. The second-order valence-corrected chi connectivity index (χ2v) is 7.69. The molecule has 0 aromatic heterocycles. The van der Waals surface area contributed by atoms with Gasteiger partial charge in [0.25, 0.3) is 0 Å². The molecule has 0 N–H and O–H groups in total. The van der Waals surface area contributed by atoms with Crippen molar-refractivity contribution < 1.29 is 17.9 Å². The van der Waals surface area contributed by atoms with Crippen LogP contribution < -0.4 is 0 Å². The van der Waals surface area contributed by atoms with Crippen LogP contribution in [0.5, 0.6) is 0 Å². The molecule has 0 radical (unpaired) electrons. The van der Waals surface area contributed by atoms with E-state index < -0.39 is 15.9 Å². The summed E-state index contributed by atoms with van der Waals surface area (Å²) < 4.78 is 31.8. The molecule has 0 saturated carbocycles. The fourth-order valence-electron chi connectivity index (χ4n) is 2.47. The zero-order valence-electron chi connectivity index (χ0n) is 12.1. The molecule has 0 bridgehead atoms. The van der Waals surface area contributed by atoms with Crippen molar-refractivity contribution in [2.24, 2.45) is 5.92 Å². The minimum Gasteiger partial charge on any atom is -0.466 e. The predicted octanol–water partition coefficient (Wildman–Crippen LogP) is 2.96. The van der Waals surface area contributed by atoms with Gasteiger partial charge >= 0.3 is 5.97 Å². The fraction of sp³-hybridized carbons (Fsp3) is 0.500. The highest BCUT2D eigenvalue weighted by Crippen LogP contribution is 2.33. The van der Waals surface area contributed by atoms with Crippen molar-refractivity contribution >= 4 is 39.2 Å². The van der Waals surface area contributed by atoms with E-state index in [1.807, 2.05) is 0 Å². The average Bonchev–Trinajstić information content (AvgIpc) is 2.47. The summed E-state index contributed by atoms with van der Waals surface area (Å²) in [5.41, 5.74) is 0. The van der Waals surface area contributed by atoms with Crippen LogP contribution in [0.15, 0.2) is 23.1 Å². The Morgan fingerprint density at radius 1 is 1.36 bits per heavy atom. The summed E-state index contributed by atoms with van der Waals surface area (Å²) in [7, 11) is -3.84. The molecule has 0 amide bonds. The van der Waals surface area contributed by atoms with Gasteiger partial charge in [-0.2, -0.15) is 4.31 Å². The molecule has 5 nitrogen and oxygen atoms in total. The Morgan fingerprint density at radius 3 is 2.59 bits per heavy atom. The van der Waals surface area contributed by atoms with Gasteiger partial charge in [0.2, 0.25) is 10.0 Å². The third kappa shape index (κ3) is 3.56. The Morgan fingerprint density at radius 2 is 2.00 bits per heavy atom. The van der Waals surface area contributed by atoms with E-state index in [1.54, 1.807) is 13.0 Å². The fourth-order valence-corrected chi connectivity index (χ4v) is 5.09. The Kier molecular flexibility index (Phi) is 5.71. The van der Waals surface area contributed by atoms with Gasteiger partial charge < -0.3 is 4.74 Å². The van der Waals surface area contributed by atoms with Crippen LogP contribution in [-0.2, 0) is 19.6 Å². The maximum Gasteiger partial charge on any atom is 0.310 e. The summed E-state index contributed by atoms with van der Waals surface area (Å²) in [4.78, 5) is 11.7. The molecule has 0 unspecified atom stereocenters. The van der Waals surface area contributed by atoms with Crippen LogP contribution in [0.3, 0.4) is 0 Å². The van der Waals surface area contributed by atoms with Gasteiger partial charge in [-0.05, 0) is 31.9 Å². The van der Waals surface area contributed by atoms with E-state index in [-0.39, 0.29) is 34.1 Å². The van der Waals surface area contributed by atoms with Crippen molar-refractivity contribution in [2.75, 3.05) is 19.7 Å². The second kappa shape index (κ2) is 7.17. The number of ether oxygens (including phenoxy) is 1. The number of nitrogens with zero attached hydrogens (tertiary/aromatic N) is 1. The second-order valence-electron chi connectivity index (χ2n) is 5.01. The van der Waals surface area contributed by atoms with E-state index in [2.05, 4.69) is 0 Å². The molecule has 2 rings (SSSR count). The van der Waals surface area contributed by atoms with Crippen LogP contribution in [-0.4, -0.2) is 38.4 Å². The first-order valence-electron chi connectivity index (χ1n) is 6.98. The molecule has 1 saturated heterocycles. The SMILES string of the molecule is CCOC(=O)[C@@H]1CCCN(S(=O)(=O)c2c(Cl)cccc2Cl)C1. The van der Waals surface area contributed by atoms with Crippen molar-refractivity contribution in [1.29, 1.82) is 0 Å². The minimum atomic E-state index is -3.84. The number of carbonyl (C=O) groups is 1. The average molecular weight is 366 g/mol. The van der Waals surface area contributed by atoms with Crippen LogP contribution in [0, 0.1) is 5.92 Å². The molecule has 0 aliphatic carbocycles. The summed E-state index contributed by atoms with van der Waals surface area (Å²) in [5, 5.41) is 0.150. The van der Waals surface area contributed by atoms with E-state index in [0.717, 1.165) is 0 Å². The highest BCUT2D eigenvalue weighted by Gasteiger charge is 2.35. The van der Waals surface area contributed by atoms with Crippen molar-refractivity contribution in [3.05, 3.63) is 28.2 Å². The molecule has 22 heavy (non-hydrogen) atoms. The van der Waals surface area contributed by atoms with Gasteiger partial charge in [-0.15, -0.1) is 0 Å². The maximum atomic E-state index is 12.8. The number of piperidine rings is 1. The zero-order valence-corrected chi connectivity index (χ0v) is 14.4. The van der Waals surface area contributed by atoms with Crippen molar-refractivity contribution in [2.45, 2.75) is 24.7 Å². The number of carbonyl (C=O) groups excluding carboxylic acids is 1. The van der Waals surface area contributed by atoms with E-state index >= 15 is 0 Å². The Hall–Kier alpha value is -0.820.